The van der Waals surface area contributed by atoms with Crippen LogP contribution in [0, 0.1) is 11.8 Å². The van der Waals surface area contributed by atoms with Gasteiger partial charge in [0.25, 0.3) is 0 Å². The van der Waals surface area contributed by atoms with Crippen LogP contribution < -0.4 is 4.74 Å². The molecule has 0 radical (unpaired) electrons. The smallest absolute Gasteiger partial charge is 0.497 e. The lowest BCUT2D eigenvalue weighted by molar-refractivity contribution is -0.149. The molecule has 2 rings (SSSR count). The highest BCUT2D eigenvalue weighted by Gasteiger charge is 2.49. The summed E-state index contributed by atoms with van der Waals surface area (Å²) in [5.41, 5.74) is -0.781. The number of amides is 1. The van der Waals surface area contributed by atoms with Crippen molar-refractivity contribution in [2.75, 3.05) is 13.7 Å². The Morgan fingerprint density at radius 2 is 1.87 bits per heavy atom. The maximum atomic E-state index is 14.1. The van der Waals surface area contributed by atoms with Crippen molar-refractivity contribution >= 4 is 12.1 Å². The van der Waals surface area contributed by atoms with Crippen LogP contribution in [-0.2, 0) is 20.8 Å². The lowest BCUT2D eigenvalue weighted by Crippen LogP contribution is -2.44. The summed E-state index contributed by atoms with van der Waals surface area (Å²) in [4.78, 5) is 25.2. The molecule has 1 amide bonds. The fourth-order valence-corrected chi connectivity index (χ4v) is 3.37. The molecule has 1 aromatic carbocycles. The molecule has 0 spiro atoms. The summed E-state index contributed by atoms with van der Waals surface area (Å²) in [5.74, 6) is -1.58. The van der Waals surface area contributed by atoms with Gasteiger partial charge in [-0.2, -0.15) is 13.2 Å². The van der Waals surface area contributed by atoms with Gasteiger partial charge in [-0.05, 0) is 37.0 Å². The second-order valence-electron chi connectivity index (χ2n) is 7.35. The van der Waals surface area contributed by atoms with Crippen LogP contribution in [0.3, 0.4) is 0 Å². The van der Waals surface area contributed by atoms with Gasteiger partial charge in [-0.3, -0.25) is 4.79 Å². The molecule has 0 bridgehead atoms. The molecule has 1 aliphatic rings. The maximum absolute atomic E-state index is 14.1. The third-order valence-corrected chi connectivity index (χ3v) is 4.58. The van der Waals surface area contributed by atoms with Crippen LogP contribution >= 0.6 is 0 Å². The van der Waals surface area contributed by atoms with Gasteiger partial charge >= 0.3 is 12.3 Å². The number of methoxy groups -OCH3 is 1. The number of halogens is 3. The van der Waals surface area contributed by atoms with Gasteiger partial charge in [-0.25, -0.2) is 4.79 Å². The molecule has 1 aliphatic heterocycles. The van der Waals surface area contributed by atoms with Gasteiger partial charge in [-0.15, -0.1) is 0 Å². The van der Waals surface area contributed by atoms with Crippen LogP contribution in [0.2, 0.25) is 0 Å². The minimum Gasteiger partial charge on any atom is -0.497 e. The van der Waals surface area contributed by atoms with Crippen molar-refractivity contribution in [3.05, 3.63) is 41.3 Å². The molecule has 0 N–H and O–H groups in total. The Labute approximate surface area is 173 Å². The molecule has 1 unspecified atom stereocenters. The fourth-order valence-electron chi connectivity index (χ4n) is 3.37. The highest BCUT2D eigenvalue weighted by molar-refractivity contribution is 5.81. The number of hydrogen-bond donors (Lipinski definition) is 0. The molecule has 166 valence electrons. The normalized spacial score (nSPS) is 17.4. The average molecular weight is 429 g/mol. The summed E-state index contributed by atoms with van der Waals surface area (Å²) < 4.78 is 57.0. The predicted octanol–water partition coefficient (Wildman–Crippen LogP) is 5.04. The fraction of sp³-hybridized carbons (Fsp3) is 0.524. The van der Waals surface area contributed by atoms with Gasteiger partial charge in [0.15, 0.2) is 5.70 Å². The first-order valence-electron chi connectivity index (χ1n) is 9.66. The van der Waals surface area contributed by atoms with Crippen LogP contribution in [0.4, 0.5) is 18.0 Å². The SMILES string of the molecule is CCOC(=O)OC1=C(C(F)(F)F)N(Cc2ccc(OC)cc2)C(=O)CC1CC(C)C. The van der Waals surface area contributed by atoms with E-state index in [2.05, 4.69) is 4.74 Å². The molecular formula is C21H26F3NO5. The number of hydrogen-bond acceptors (Lipinski definition) is 5. The molecule has 0 saturated carbocycles. The standard InChI is InChI=1S/C21H26F3NO5/c1-5-29-20(27)30-18-15(10-13(2)3)11-17(26)25(19(18)21(22,23)24)12-14-6-8-16(28-4)9-7-14/h6-9,13,15H,5,10-12H2,1-4H3. The lowest BCUT2D eigenvalue weighted by atomic mass is 9.87. The summed E-state index contributed by atoms with van der Waals surface area (Å²) in [5, 5.41) is 0. The Bertz CT molecular complexity index is 787. The molecular weight excluding hydrogens is 403 g/mol. The van der Waals surface area contributed by atoms with E-state index in [-0.39, 0.29) is 31.9 Å². The van der Waals surface area contributed by atoms with Gasteiger partial charge in [0.1, 0.15) is 11.5 Å². The van der Waals surface area contributed by atoms with Gasteiger partial charge in [0.05, 0.1) is 20.3 Å². The van der Waals surface area contributed by atoms with E-state index in [0.717, 1.165) is 0 Å². The van der Waals surface area contributed by atoms with Crippen LogP contribution in [0.25, 0.3) is 0 Å². The molecule has 0 aromatic heterocycles. The van der Waals surface area contributed by atoms with E-state index in [0.29, 0.717) is 16.2 Å². The largest absolute Gasteiger partial charge is 0.513 e. The van der Waals surface area contributed by atoms with E-state index in [1.165, 1.54) is 14.0 Å². The zero-order chi connectivity index (χ0) is 22.5. The Morgan fingerprint density at radius 1 is 1.23 bits per heavy atom. The number of ether oxygens (including phenoxy) is 3. The molecule has 1 aromatic rings. The summed E-state index contributed by atoms with van der Waals surface area (Å²) in [6.45, 7) is 4.80. The van der Waals surface area contributed by atoms with E-state index >= 15 is 0 Å². The quantitative estimate of drug-likeness (QED) is 0.569. The van der Waals surface area contributed by atoms with Gasteiger partial charge in [0, 0.05) is 12.3 Å². The number of carbonyl (C=O) groups is 2. The van der Waals surface area contributed by atoms with Crippen molar-refractivity contribution in [1.29, 1.82) is 0 Å². The van der Waals surface area contributed by atoms with E-state index in [4.69, 9.17) is 9.47 Å². The average Bonchev–Trinajstić information content (AvgIpc) is 2.64. The van der Waals surface area contributed by atoms with Crippen molar-refractivity contribution in [3.63, 3.8) is 0 Å². The first-order valence-corrected chi connectivity index (χ1v) is 9.66. The summed E-state index contributed by atoms with van der Waals surface area (Å²) in [6.07, 6.45) is -6.06. The second kappa shape index (κ2) is 9.86. The zero-order valence-corrected chi connectivity index (χ0v) is 17.4. The zero-order valence-electron chi connectivity index (χ0n) is 17.4. The second-order valence-corrected chi connectivity index (χ2v) is 7.35. The number of benzene rings is 1. The number of allylic oxidation sites excluding steroid dienone is 2. The molecule has 1 atom stereocenters. The Kier molecular flexibility index (Phi) is 7.75. The molecule has 9 heteroatoms. The topological polar surface area (TPSA) is 65.1 Å². The van der Waals surface area contributed by atoms with Crippen molar-refractivity contribution in [3.8, 4) is 5.75 Å². The van der Waals surface area contributed by atoms with E-state index < -0.39 is 35.6 Å². The molecule has 0 saturated heterocycles. The van der Waals surface area contributed by atoms with Crippen LogP contribution in [0.5, 0.6) is 5.75 Å². The maximum Gasteiger partial charge on any atom is 0.513 e. The molecule has 6 nitrogen and oxygen atoms in total. The minimum atomic E-state index is -4.90. The predicted molar refractivity (Wildman–Crippen MR) is 102 cm³/mol. The lowest BCUT2D eigenvalue weighted by Gasteiger charge is -2.36. The van der Waals surface area contributed by atoms with Crippen molar-refractivity contribution in [1.82, 2.24) is 4.90 Å². The number of nitrogens with zero attached hydrogens (tertiary/aromatic N) is 1. The highest BCUT2D eigenvalue weighted by atomic mass is 19.4. The number of alkyl halides is 3. The molecule has 0 fully saturated rings. The van der Waals surface area contributed by atoms with E-state index in [1.807, 2.05) is 13.8 Å². The van der Waals surface area contributed by atoms with Gasteiger partial charge < -0.3 is 19.1 Å². The van der Waals surface area contributed by atoms with Gasteiger partial charge in [0.2, 0.25) is 5.91 Å². The highest BCUT2D eigenvalue weighted by Crippen LogP contribution is 2.42. The molecule has 30 heavy (non-hydrogen) atoms. The van der Waals surface area contributed by atoms with E-state index in [9.17, 15) is 22.8 Å². The first-order chi connectivity index (χ1) is 14.1. The van der Waals surface area contributed by atoms with Crippen molar-refractivity contribution in [2.45, 2.75) is 46.3 Å². The number of carbonyl (C=O) groups excluding carboxylic acids is 2. The van der Waals surface area contributed by atoms with Gasteiger partial charge in [-0.1, -0.05) is 26.0 Å². The third-order valence-electron chi connectivity index (χ3n) is 4.58. The van der Waals surface area contributed by atoms with Crippen molar-refractivity contribution in [2.24, 2.45) is 11.8 Å². The summed E-state index contributed by atoms with van der Waals surface area (Å²) >= 11 is 0. The molecule has 1 heterocycles. The Balaban J connectivity index is 2.51. The number of rotatable bonds is 7. The van der Waals surface area contributed by atoms with Crippen LogP contribution in [0.1, 0.15) is 39.2 Å². The monoisotopic (exact) mass is 429 g/mol. The summed E-state index contributed by atoms with van der Waals surface area (Å²) in [7, 11) is 1.47. The summed E-state index contributed by atoms with van der Waals surface area (Å²) in [6, 6.07) is 6.34. The third kappa shape index (κ3) is 5.90. The molecule has 0 aliphatic carbocycles. The Hall–Kier alpha value is -2.71. The first kappa shape index (κ1) is 23.6. The van der Waals surface area contributed by atoms with E-state index in [1.54, 1.807) is 24.3 Å². The van der Waals surface area contributed by atoms with Crippen molar-refractivity contribution < 1.29 is 37.0 Å². The Morgan fingerprint density at radius 3 is 2.37 bits per heavy atom. The minimum absolute atomic E-state index is 0.00813. The van der Waals surface area contributed by atoms with Crippen LogP contribution in [-0.4, -0.2) is 36.9 Å². The van der Waals surface area contributed by atoms with Crippen LogP contribution in [0.15, 0.2) is 35.7 Å².